The van der Waals surface area contributed by atoms with Crippen LogP contribution in [0.3, 0.4) is 0 Å². The molecule has 4 atom stereocenters. The van der Waals surface area contributed by atoms with E-state index in [0.29, 0.717) is 44.9 Å². The Kier molecular flexibility index (Phi) is 16.3. The molecule has 186 valence electrons. The van der Waals surface area contributed by atoms with Gasteiger partial charge in [0.25, 0.3) is 0 Å². The summed E-state index contributed by atoms with van der Waals surface area (Å²) in [4.78, 5) is 0. The predicted molar refractivity (Wildman–Crippen MR) is 127 cm³/mol. The van der Waals surface area contributed by atoms with Gasteiger partial charge in [-0.2, -0.15) is 0 Å². The second kappa shape index (κ2) is 17.5. The Labute approximate surface area is 193 Å². The third kappa shape index (κ3) is 10.6. The first-order chi connectivity index (χ1) is 15.1. The van der Waals surface area contributed by atoms with E-state index in [1.165, 1.54) is 25.7 Å². The molecular weight excluding hydrogens is 412 g/mol. The minimum Gasteiger partial charge on any atom is -0.378 e. The average Bonchev–Trinajstić information content (AvgIpc) is 2.73. The van der Waals surface area contributed by atoms with Crippen LogP contribution < -0.4 is 0 Å². The molecule has 1 fully saturated rings. The van der Waals surface area contributed by atoms with E-state index >= 15 is 0 Å². The standard InChI is InChI=1S/C24H50O6Si/c1-7-13-15-21(8-2)18-25-20-23(24-22(9-3)19-27-24)26-16-14-17-31(28-10-4,29-11-5)30-12-6/h21-24H,7-20H2,1-6H3. The summed E-state index contributed by atoms with van der Waals surface area (Å²) in [5.41, 5.74) is 0. The molecule has 1 aliphatic rings. The lowest BCUT2D eigenvalue weighted by atomic mass is 9.91. The van der Waals surface area contributed by atoms with E-state index in [1.807, 2.05) is 20.8 Å². The lowest BCUT2D eigenvalue weighted by molar-refractivity contribution is -0.196. The fourth-order valence-electron chi connectivity index (χ4n) is 4.12. The van der Waals surface area contributed by atoms with Crippen LogP contribution in [0.2, 0.25) is 6.04 Å². The monoisotopic (exact) mass is 462 g/mol. The van der Waals surface area contributed by atoms with Gasteiger partial charge in [-0.1, -0.05) is 40.0 Å². The van der Waals surface area contributed by atoms with Crippen molar-refractivity contribution in [2.24, 2.45) is 11.8 Å². The van der Waals surface area contributed by atoms with Gasteiger partial charge >= 0.3 is 8.80 Å². The van der Waals surface area contributed by atoms with E-state index in [4.69, 9.17) is 27.5 Å². The molecule has 0 bridgehead atoms. The summed E-state index contributed by atoms with van der Waals surface area (Å²) in [6.07, 6.45) is 7.03. The number of unbranched alkanes of at least 4 members (excludes halogenated alkanes) is 1. The molecule has 1 saturated heterocycles. The Balaban J connectivity index is 2.53. The van der Waals surface area contributed by atoms with Crippen LogP contribution in [0.15, 0.2) is 0 Å². The first-order valence-corrected chi connectivity index (χ1v) is 14.7. The molecule has 1 rings (SSSR count). The number of hydrogen-bond donors (Lipinski definition) is 0. The van der Waals surface area contributed by atoms with Crippen LogP contribution in [-0.4, -0.2) is 67.3 Å². The third-order valence-electron chi connectivity index (χ3n) is 6.09. The van der Waals surface area contributed by atoms with Crippen molar-refractivity contribution in [2.75, 3.05) is 46.2 Å². The molecule has 0 aromatic heterocycles. The average molecular weight is 463 g/mol. The summed E-state index contributed by atoms with van der Waals surface area (Å²) < 4.78 is 36.2. The Hall–Kier alpha value is -0.0231. The number of ether oxygens (including phenoxy) is 3. The molecule has 1 heterocycles. The van der Waals surface area contributed by atoms with Gasteiger partial charge in [-0.05, 0) is 46.0 Å². The molecule has 0 radical (unpaired) electrons. The Morgan fingerprint density at radius 3 is 2.06 bits per heavy atom. The van der Waals surface area contributed by atoms with Gasteiger partial charge in [-0.15, -0.1) is 0 Å². The first kappa shape index (κ1) is 29.0. The molecule has 0 aromatic carbocycles. The molecule has 0 saturated carbocycles. The lowest BCUT2D eigenvalue weighted by Crippen LogP contribution is -2.51. The van der Waals surface area contributed by atoms with Crippen molar-refractivity contribution < 1.29 is 27.5 Å². The topological polar surface area (TPSA) is 55.4 Å². The maximum absolute atomic E-state index is 6.31. The lowest BCUT2D eigenvalue weighted by Gasteiger charge is -2.41. The normalized spacial score (nSPS) is 21.1. The smallest absolute Gasteiger partial charge is 0.378 e. The van der Waals surface area contributed by atoms with Gasteiger partial charge in [0, 0.05) is 45.0 Å². The molecule has 4 unspecified atom stereocenters. The van der Waals surface area contributed by atoms with Crippen LogP contribution in [0, 0.1) is 11.8 Å². The maximum atomic E-state index is 6.31. The van der Waals surface area contributed by atoms with Crippen molar-refractivity contribution in [2.45, 2.75) is 98.3 Å². The van der Waals surface area contributed by atoms with Gasteiger partial charge in [0.1, 0.15) is 6.10 Å². The molecule has 1 aliphatic heterocycles. The molecule has 0 amide bonds. The third-order valence-corrected chi connectivity index (χ3v) is 9.24. The first-order valence-electron chi connectivity index (χ1n) is 12.8. The van der Waals surface area contributed by atoms with Crippen molar-refractivity contribution >= 4 is 8.80 Å². The number of rotatable bonds is 21. The second-order valence-electron chi connectivity index (χ2n) is 8.42. The van der Waals surface area contributed by atoms with Crippen molar-refractivity contribution in [3.63, 3.8) is 0 Å². The van der Waals surface area contributed by atoms with E-state index in [2.05, 4.69) is 20.8 Å². The summed E-state index contributed by atoms with van der Waals surface area (Å²) >= 11 is 0. The van der Waals surface area contributed by atoms with Crippen LogP contribution in [0.4, 0.5) is 0 Å². The van der Waals surface area contributed by atoms with Crippen molar-refractivity contribution in [3.05, 3.63) is 0 Å². The van der Waals surface area contributed by atoms with Crippen molar-refractivity contribution in [3.8, 4) is 0 Å². The zero-order valence-electron chi connectivity index (χ0n) is 21.2. The van der Waals surface area contributed by atoms with Crippen LogP contribution in [0.5, 0.6) is 0 Å². The molecule has 0 aliphatic carbocycles. The largest absolute Gasteiger partial charge is 0.501 e. The highest BCUT2D eigenvalue weighted by molar-refractivity contribution is 6.60. The molecule has 31 heavy (non-hydrogen) atoms. The SMILES string of the molecule is CCCCC(CC)COCC(OCCC[Si](OCC)(OCC)OCC)C1OCC1CC. The van der Waals surface area contributed by atoms with Gasteiger partial charge in [0.2, 0.25) is 0 Å². The summed E-state index contributed by atoms with van der Waals surface area (Å²) in [7, 11) is -2.61. The zero-order valence-corrected chi connectivity index (χ0v) is 22.2. The van der Waals surface area contributed by atoms with E-state index in [1.54, 1.807) is 0 Å². The molecule has 0 N–H and O–H groups in total. The van der Waals surface area contributed by atoms with Gasteiger partial charge < -0.3 is 27.5 Å². The van der Waals surface area contributed by atoms with Crippen LogP contribution >= 0.6 is 0 Å². The molecular formula is C24H50O6Si. The second-order valence-corrected chi connectivity index (χ2v) is 11.1. The van der Waals surface area contributed by atoms with E-state index in [9.17, 15) is 0 Å². The predicted octanol–water partition coefficient (Wildman–Crippen LogP) is 5.47. The maximum Gasteiger partial charge on any atom is 0.501 e. The molecule has 0 aromatic rings. The Morgan fingerprint density at radius 2 is 1.58 bits per heavy atom. The van der Waals surface area contributed by atoms with Gasteiger partial charge in [0.15, 0.2) is 0 Å². The highest BCUT2D eigenvalue weighted by atomic mass is 28.4. The molecule has 7 heteroatoms. The number of hydrogen-bond acceptors (Lipinski definition) is 6. The van der Waals surface area contributed by atoms with Gasteiger partial charge in [-0.25, -0.2) is 0 Å². The summed E-state index contributed by atoms with van der Waals surface area (Å²) in [5, 5.41) is 0. The Bertz CT molecular complexity index is 406. The minimum atomic E-state index is -2.61. The quantitative estimate of drug-likeness (QED) is 0.167. The Morgan fingerprint density at radius 1 is 0.903 bits per heavy atom. The van der Waals surface area contributed by atoms with Crippen molar-refractivity contribution in [1.29, 1.82) is 0 Å². The van der Waals surface area contributed by atoms with Crippen LogP contribution in [-0.2, 0) is 27.5 Å². The van der Waals surface area contributed by atoms with E-state index < -0.39 is 8.80 Å². The van der Waals surface area contributed by atoms with Gasteiger partial charge in [-0.3, -0.25) is 0 Å². The highest BCUT2D eigenvalue weighted by Crippen LogP contribution is 2.29. The molecule has 0 spiro atoms. The summed E-state index contributed by atoms with van der Waals surface area (Å²) in [6, 6.07) is 0.772. The fraction of sp³-hybridized carbons (Fsp3) is 1.00. The highest BCUT2D eigenvalue weighted by Gasteiger charge is 2.41. The summed E-state index contributed by atoms with van der Waals surface area (Å²) in [5.74, 6) is 1.21. The minimum absolute atomic E-state index is 0.00951. The summed E-state index contributed by atoms with van der Waals surface area (Å²) in [6.45, 7) is 17.4. The van der Waals surface area contributed by atoms with E-state index in [-0.39, 0.29) is 12.2 Å². The van der Waals surface area contributed by atoms with Crippen molar-refractivity contribution in [1.82, 2.24) is 0 Å². The zero-order chi connectivity index (χ0) is 23.0. The fourth-order valence-corrected chi connectivity index (χ4v) is 6.70. The van der Waals surface area contributed by atoms with E-state index in [0.717, 1.165) is 32.1 Å². The van der Waals surface area contributed by atoms with Crippen LogP contribution in [0.25, 0.3) is 0 Å². The van der Waals surface area contributed by atoms with Crippen LogP contribution in [0.1, 0.15) is 80.1 Å². The van der Waals surface area contributed by atoms with Gasteiger partial charge in [0.05, 0.1) is 19.3 Å². The molecule has 6 nitrogen and oxygen atoms in total.